The number of nitrogens with one attached hydrogen (secondary N) is 1. The van der Waals surface area contributed by atoms with E-state index in [0.717, 1.165) is 21.9 Å². The van der Waals surface area contributed by atoms with Crippen molar-refractivity contribution < 1.29 is 14.3 Å². The van der Waals surface area contributed by atoms with Crippen molar-refractivity contribution in [2.75, 3.05) is 13.2 Å². The normalized spacial score (nSPS) is 14.7. The van der Waals surface area contributed by atoms with Crippen molar-refractivity contribution in [1.82, 2.24) is 5.32 Å². The van der Waals surface area contributed by atoms with Gasteiger partial charge >= 0.3 is 0 Å². The average molecular weight is 357 g/mol. The number of ether oxygens (including phenoxy) is 2. The van der Waals surface area contributed by atoms with E-state index in [1.165, 1.54) is 4.88 Å². The van der Waals surface area contributed by atoms with Crippen LogP contribution < -0.4 is 14.8 Å². The molecule has 25 heavy (non-hydrogen) atoms. The van der Waals surface area contributed by atoms with Gasteiger partial charge in [-0.1, -0.05) is 19.9 Å². The lowest BCUT2D eigenvalue weighted by molar-refractivity contribution is -0.117. The second-order valence-corrected chi connectivity index (χ2v) is 7.73. The van der Waals surface area contributed by atoms with E-state index in [0.29, 0.717) is 13.2 Å². The van der Waals surface area contributed by atoms with Gasteiger partial charge < -0.3 is 14.8 Å². The number of fused-ring (bicyclic) bond motifs is 1. The van der Waals surface area contributed by atoms with Crippen LogP contribution in [0, 0.1) is 12.8 Å². The summed E-state index contributed by atoms with van der Waals surface area (Å²) in [5, 5.41) is 3.10. The molecule has 1 N–H and O–H groups in total. The van der Waals surface area contributed by atoms with Gasteiger partial charge in [-0.3, -0.25) is 4.79 Å². The van der Waals surface area contributed by atoms with Crippen LogP contribution >= 0.6 is 11.3 Å². The van der Waals surface area contributed by atoms with E-state index in [1.54, 1.807) is 17.4 Å². The van der Waals surface area contributed by atoms with Crippen molar-refractivity contribution in [2.45, 2.75) is 26.8 Å². The third-order valence-corrected chi connectivity index (χ3v) is 5.02. The maximum absolute atomic E-state index is 12.4. The molecule has 0 saturated carbocycles. The summed E-state index contributed by atoms with van der Waals surface area (Å²) in [7, 11) is 0. The summed E-state index contributed by atoms with van der Waals surface area (Å²) < 4.78 is 11.2. The number of hydrogen-bond donors (Lipinski definition) is 1. The highest BCUT2D eigenvalue weighted by atomic mass is 32.1. The Morgan fingerprint density at radius 3 is 2.60 bits per heavy atom. The molecule has 0 aliphatic carbocycles. The molecule has 1 atom stereocenters. The SMILES string of the molecule is Cc1ccc(/C=C/C(=O)N[C@H](c2ccc3c(c2)OCCO3)C(C)C)s1. The molecule has 1 aliphatic rings. The lowest BCUT2D eigenvalue weighted by atomic mass is 9.95. The first-order valence-corrected chi connectivity index (χ1v) is 9.29. The Morgan fingerprint density at radius 1 is 1.16 bits per heavy atom. The topological polar surface area (TPSA) is 47.6 Å². The first-order chi connectivity index (χ1) is 12.0. The molecule has 1 aromatic heterocycles. The van der Waals surface area contributed by atoms with E-state index in [2.05, 4.69) is 26.1 Å². The zero-order valence-corrected chi connectivity index (χ0v) is 15.6. The Bertz CT molecular complexity index is 779. The van der Waals surface area contributed by atoms with Crippen LogP contribution in [0.15, 0.2) is 36.4 Å². The van der Waals surface area contributed by atoms with Crippen molar-refractivity contribution in [3.8, 4) is 11.5 Å². The number of rotatable bonds is 5. The van der Waals surface area contributed by atoms with Gasteiger partial charge in [-0.25, -0.2) is 0 Å². The minimum absolute atomic E-state index is 0.0851. The molecule has 0 unspecified atom stereocenters. The number of aryl methyl sites for hydroxylation is 1. The summed E-state index contributed by atoms with van der Waals surface area (Å²) in [5.41, 5.74) is 1.02. The van der Waals surface area contributed by atoms with Crippen LogP contribution in [-0.4, -0.2) is 19.1 Å². The maximum atomic E-state index is 12.4. The highest BCUT2D eigenvalue weighted by Crippen LogP contribution is 2.34. The summed E-state index contributed by atoms with van der Waals surface area (Å²) >= 11 is 1.67. The zero-order chi connectivity index (χ0) is 17.8. The Hall–Kier alpha value is -2.27. The molecule has 0 saturated heterocycles. The van der Waals surface area contributed by atoms with Gasteiger partial charge in [0.05, 0.1) is 6.04 Å². The highest BCUT2D eigenvalue weighted by Gasteiger charge is 2.20. The first-order valence-electron chi connectivity index (χ1n) is 8.47. The quantitative estimate of drug-likeness (QED) is 0.809. The molecule has 5 heteroatoms. The minimum Gasteiger partial charge on any atom is -0.486 e. The molecule has 2 heterocycles. The van der Waals surface area contributed by atoms with Crippen LogP contribution in [0.3, 0.4) is 0 Å². The Morgan fingerprint density at radius 2 is 1.92 bits per heavy atom. The third-order valence-electron chi connectivity index (χ3n) is 4.05. The highest BCUT2D eigenvalue weighted by molar-refractivity contribution is 7.12. The number of hydrogen-bond acceptors (Lipinski definition) is 4. The van der Waals surface area contributed by atoms with Gasteiger partial charge in [0.1, 0.15) is 13.2 Å². The molecule has 0 spiro atoms. The molecule has 2 aromatic rings. The van der Waals surface area contributed by atoms with Crippen molar-refractivity contribution in [1.29, 1.82) is 0 Å². The van der Waals surface area contributed by atoms with Crippen LogP contribution in [0.5, 0.6) is 11.5 Å². The largest absolute Gasteiger partial charge is 0.486 e. The summed E-state index contributed by atoms with van der Waals surface area (Å²) in [4.78, 5) is 14.7. The van der Waals surface area contributed by atoms with Gasteiger partial charge in [0.2, 0.25) is 5.91 Å². The van der Waals surface area contributed by atoms with Gasteiger partial charge in [0, 0.05) is 15.8 Å². The van der Waals surface area contributed by atoms with E-state index >= 15 is 0 Å². The number of carbonyl (C=O) groups is 1. The fraction of sp³-hybridized carbons (Fsp3) is 0.350. The van der Waals surface area contributed by atoms with Gasteiger partial charge in [-0.2, -0.15) is 0 Å². The minimum atomic E-state index is -0.0976. The second-order valence-electron chi connectivity index (χ2n) is 6.42. The molecule has 1 aromatic carbocycles. The van der Waals surface area contributed by atoms with E-state index < -0.39 is 0 Å². The van der Waals surface area contributed by atoms with Gasteiger partial charge in [-0.05, 0) is 48.7 Å². The predicted octanol–water partition coefficient (Wildman–Crippen LogP) is 4.35. The molecular formula is C20H23NO3S. The smallest absolute Gasteiger partial charge is 0.244 e. The lowest BCUT2D eigenvalue weighted by Gasteiger charge is -2.25. The Balaban J connectivity index is 1.72. The zero-order valence-electron chi connectivity index (χ0n) is 14.7. The predicted molar refractivity (Wildman–Crippen MR) is 101 cm³/mol. The molecular weight excluding hydrogens is 334 g/mol. The summed E-state index contributed by atoms with van der Waals surface area (Å²) in [6.07, 6.45) is 3.45. The number of carbonyl (C=O) groups excluding carboxylic acids is 1. The van der Waals surface area contributed by atoms with E-state index in [1.807, 2.05) is 36.4 Å². The molecule has 4 nitrogen and oxygen atoms in total. The molecule has 0 fully saturated rings. The van der Waals surface area contributed by atoms with E-state index in [-0.39, 0.29) is 17.9 Å². The molecule has 1 amide bonds. The molecule has 0 bridgehead atoms. The molecule has 3 rings (SSSR count). The van der Waals surface area contributed by atoms with Crippen LogP contribution in [-0.2, 0) is 4.79 Å². The summed E-state index contributed by atoms with van der Waals surface area (Å²) in [5.74, 6) is 1.66. The lowest BCUT2D eigenvalue weighted by Crippen LogP contribution is -2.30. The number of thiophene rings is 1. The van der Waals surface area contributed by atoms with Crippen LogP contribution in [0.25, 0.3) is 6.08 Å². The fourth-order valence-corrected chi connectivity index (χ4v) is 3.57. The van der Waals surface area contributed by atoms with Crippen molar-refractivity contribution >= 4 is 23.3 Å². The number of benzene rings is 1. The average Bonchev–Trinajstić information content (AvgIpc) is 3.02. The van der Waals surface area contributed by atoms with Crippen LogP contribution in [0.1, 0.15) is 35.2 Å². The third kappa shape index (κ3) is 4.42. The Kier molecular flexibility index (Phi) is 5.43. The number of amides is 1. The van der Waals surface area contributed by atoms with Crippen LogP contribution in [0.4, 0.5) is 0 Å². The van der Waals surface area contributed by atoms with Crippen LogP contribution in [0.2, 0.25) is 0 Å². The van der Waals surface area contributed by atoms with Crippen molar-refractivity contribution in [2.24, 2.45) is 5.92 Å². The monoisotopic (exact) mass is 357 g/mol. The van der Waals surface area contributed by atoms with Crippen molar-refractivity contribution in [3.05, 3.63) is 51.7 Å². The second kappa shape index (κ2) is 7.74. The standard InChI is InChI=1S/C20H23NO3S/c1-13(2)20(15-5-8-17-18(12-15)24-11-10-23-17)21-19(22)9-7-16-6-4-14(3)25-16/h4-9,12-13,20H,10-11H2,1-3H3,(H,21,22)/b9-7+/t20-/m0/s1. The molecule has 1 aliphatic heterocycles. The molecule has 132 valence electrons. The van der Waals surface area contributed by atoms with Crippen molar-refractivity contribution in [3.63, 3.8) is 0 Å². The van der Waals surface area contributed by atoms with E-state index in [9.17, 15) is 4.79 Å². The maximum Gasteiger partial charge on any atom is 0.244 e. The van der Waals surface area contributed by atoms with Gasteiger partial charge in [0.25, 0.3) is 0 Å². The fourth-order valence-electron chi connectivity index (χ4n) is 2.79. The summed E-state index contributed by atoms with van der Waals surface area (Å²) in [6.45, 7) is 7.36. The van der Waals surface area contributed by atoms with E-state index in [4.69, 9.17) is 9.47 Å². The Labute approximate surface area is 152 Å². The first kappa shape index (κ1) is 17.5. The van der Waals surface area contributed by atoms with Gasteiger partial charge in [0.15, 0.2) is 11.5 Å². The summed E-state index contributed by atoms with van der Waals surface area (Å²) in [6, 6.07) is 9.85. The van der Waals surface area contributed by atoms with Gasteiger partial charge in [-0.15, -0.1) is 11.3 Å². The molecule has 0 radical (unpaired) electrons.